The van der Waals surface area contributed by atoms with Crippen LogP contribution in [0.3, 0.4) is 0 Å². The molecule has 0 spiro atoms. The van der Waals surface area contributed by atoms with Gasteiger partial charge in [0.15, 0.2) is 0 Å². The Hall–Kier alpha value is -3.35. The van der Waals surface area contributed by atoms with Crippen molar-refractivity contribution in [3.63, 3.8) is 0 Å². The van der Waals surface area contributed by atoms with Crippen LogP contribution in [-0.2, 0) is 16.6 Å². The monoisotopic (exact) mass is 438 g/mol. The third-order valence-electron chi connectivity index (χ3n) is 5.15. The van der Waals surface area contributed by atoms with Crippen molar-refractivity contribution in [3.8, 4) is 23.3 Å². The van der Waals surface area contributed by atoms with E-state index in [9.17, 15) is 13.7 Å². The third kappa shape index (κ3) is 4.40. The van der Waals surface area contributed by atoms with E-state index in [0.29, 0.717) is 25.2 Å². The smallest absolute Gasteiger partial charge is 0.243 e. The minimum atomic E-state index is -3.48. The van der Waals surface area contributed by atoms with Gasteiger partial charge >= 0.3 is 0 Å². The molecule has 0 amide bonds. The Balaban J connectivity index is 1.51. The van der Waals surface area contributed by atoms with Crippen LogP contribution in [0, 0.1) is 11.3 Å². The van der Waals surface area contributed by atoms with Gasteiger partial charge in [0.25, 0.3) is 0 Å². The molecule has 0 radical (unpaired) electrons. The zero-order chi connectivity index (χ0) is 21.8. The Bertz CT molecular complexity index is 1190. The second-order valence-corrected chi connectivity index (χ2v) is 9.08. The van der Waals surface area contributed by atoms with Gasteiger partial charge in [-0.05, 0) is 54.8 Å². The zero-order valence-electron chi connectivity index (χ0n) is 17.0. The van der Waals surface area contributed by atoms with Crippen LogP contribution < -0.4 is 10.1 Å². The molecular formula is C22H22N4O4S. The van der Waals surface area contributed by atoms with E-state index in [0.717, 1.165) is 24.2 Å². The molecule has 160 valence electrons. The average molecular weight is 439 g/mol. The van der Waals surface area contributed by atoms with Gasteiger partial charge in [-0.2, -0.15) is 14.6 Å². The first-order valence-corrected chi connectivity index (χ1v) is 11.3. The Kier molecular flexibility index (Phi) is 5.93. The van der Waals surface area contributed by atoms with Gasteiger partial charge in [-0.3, -0.25) is 0 Å². The zero-order valence-corrected chi connectivity index (χ0v) is 17.9. The molecule has 4 rings (SSSR count). The standard InChI is InChI=1S/C22H22N4O4S/c1-29-18-8-4-16(5-9-18)15-24-22-20(14-23)25-21(30-22)17-6-10-19(11-7-17)31(27,28)26-12-2-3-13-26/h4-11,24H,2-3,12-13,15H2,1H3. The van der Waals surface area contributed by atoms with E-state index in [4.69, 9.17) is 9.15 Å². The molecule has 1 aliphatic heterocycles. The molecule has 0 atom stereocenters. The van der Waals surface area contributed by atoms with Crippen LogP contribution in [0.4, 0.5) is 5.88 Å². The maximum absolute atomic E-state index is 12.7. The van der Waals surface area contributed by atoms with Gasteiger partial charge in [-0.1, -0.05) is 12.1 Å². The highest BCUT2D eigenvalue weighted by molar-refractivity contribution is 7.89. The number of sulfonamides is 1. The van der Waals surface area contributed by atoms with E-state index in [1.165, 1.54) is 4.31 Å². The number of benzene rings is 2. The molecule has 0 aliphatic carbocycles. The highest BCUT2D eigenvalue weighted by atomic mass is 32.2. The van der Waals surface area contributed by atoms with Gasteiger partial charge in [0.1, 0.15) is 11.8 Å². The topological polar surface area (TPSA) is 108 Å². The largest absolute Gasteiger partial charge is 0.497 e. The van der Waals surface area contributed by atoms with E-state index in [2.05, 4.69) is 10.3 Å². The number of anilines is 1. The molecule has 2 heterocycles. The van der Waals surface area contributed by atoms with Crippen LogP contribution in [0.15, 0.2) is 57.8 Å². The molecule has 9 heteroatoms. The number of ether oxygens (including phenoxy) is 1. The summed E-state index contributed by atoms with van der Waals surface area (Å²) in [7, 11) is -1.87. The van der Waals surface area contributed by atoms with Crippen LogP contribution in [0.5, 0.6) is 5.75 Å². The van der Waals surface area contributed by atoms with Gasteiger partial charge < -0.3 is 14.5 Å². The summed E-state index contributed by atoms with van der Waals surface area (Å²) in [5.41, 5.74) is 1.71. The van der Waals surface area contributed by atoms with Crippen molar-refractivity contribution in [3.05, 3.63) is 59.8 Å². The molecule has 3 aromatic rings. The lowest BCUT2D eigenvalue weighted by molar-refractivity contribution is 0.414. The van der Waals surface area contributed by atoms with E-state index < -0.39 is 10.0 Å². The van der Waals surface area contributed by atoms with Crippen molar-refractivity contribution in [1.82, 2.24) is 9.29 Å². The van der Waals surface area contributed by atoms with E-state index >= 15 is 0 Å². The van der Waals surface area contributed by atoms with Crippen molar-refractivity contribution >= 4 is 15.9 Å². The minimum absolute atomic E-state index is 0.136. The predicted molar refractivity (Wildman–Crippen MR) is 115 cm³/mol. The van der Waals surface area contributed by atoms with Crippen LogP contribution in [-0.4, -0.2) is 37.9 Å². The Labute approximate surface area is 181 Å². The van der Waals surface area contributed by atoms with Gasteiger partial charge in [0.2, 0.25) is 27.5 Å². The third-order valence-corrected chi connectivity index (χ3v) is 7.06. The summed E-state index contributed by atoms with van der Waals surface area (Å²) in [6.45, 7) is 1.55. The molecule has 1 aromatic heterocycles. The highest BCUT2D eigenvalue weighted by Gasteiger charge is 2.27. The summed E-state index contributed by atoms with van der Waals surface area (Å²) in [6, 6.07) is 15.9. The predicted octanol–water partition coefficient (Wildman–Crippen LogP) is 3.62. The number of rotatable bonds is 7. The summed E-state index contributed by atoms with van der Waals surface area (Å²) < 4.78 is 37.7. The lowest BCUT2D eigenvalue weighted by Gasteiger charge is -2.15. The number of nitrogens with zero attached hydrogens (tertiary/aromatic N) is 3. The summed E-state index contributed by atoms with van der Waals surface area (Å²) >= 11 is 0. The molecule has 1 N–H and O–H groups in total. The molecule has 1 aliphatic rings. The second-order valence-electron chi connectivity index (χ2n) is 7.15. The highest BCUT2D eigenvalue weighted by Crippen LogP contribution is 2.28. The fourth-order valence-corrected chi connectivity index (χ4v) is 4.93. The first-order chi connectivity index (χ1) is 15.0. The number of hydrogen-bond acceptors (Lipinski definition) is 7. The summed E-state index contributed by atoms with van der Waals surface area (Å²) in [5, 5.41) is 12.5. The van der Waals surface area contributed by atoms with Crippen molar-refractivity contribution in [2.24, 2.45) is 0 Å². The number of aromatic nitrogens is 1. The molecule has 0 unspecified atom stereocenters. The second kappa shape index (κ2) is 8.79. The number of nitrogens with one attached hydrogen (secondary N) is 1. The quantitative estimate of drug-likeness (QED) is 0.600. The summed E-state index contributed by atoms with van der Waals surface area (Å²) in [5.74, 6) is 1.28. The van der Waals surface area contributed by atoms with Gasteiger partial charge in [-0.25, -0.2) is 8.42 Å². The fourth-order valence-electron chi connectivity index (χ4n) is 3.41. The molecule has 0 saturated carbocycles. The van der Waals surface area contributed by atoms with Crippen LogP contribution in [0.1, 0.15) is 24.1 Å². The summed E-state index contributed by atoms with van der Waals surface area (Å²) in [6.07, 6.45) is 1.77. The number of nitriles is 1. The molecule has 2 aromatic carbocycles. The van der Waals surface area contributed by atoms with Crippen molar-refractivity contribution in [2.45, 2.75) is 24.3 Å². The molecule has 1 fully saturated rings. The Morgan fingerprint density at radius 1 is 1.13 bits per heavy atom. The van der Waals surface area contributed by atoms with Gasteiger partial charge in [0, 0.05) is 25.2 Å². The maximum Gasteiger partial charge on any atom is 0.243 e. The van der Waals surface area contributed by atoms with Gasteiger partial charge in [-0.15, -0.1) is 0 Å². The normalized spacial score (nSPS) is 14.3. The van der Waals surface area contributed by atoms with E-state index in [1.54, 1.807) is 31.4 Å². The number of hydrogen-bond donors (Lipinski definition) is 1. The Morgan fingerprint density at radius 3 is 2.42 bits per heavy atom. The van der Waals surface area contributed by atoms with Crippen molar-refractivity contribution in [1.29, 1.82) is 5.26 Å². The lowest BCUT2D eigenvalue weighted by atomic mass is 10.2. The molecule has 31 heavy (non-hydrogen) atoms. The average Bonchev–Trinajstić information content (AvgIpc) is 3.49. The Morgan fingerprint density at radius 2 is 1.81 bits per heavy atom. The van der Waals surface area contributed by atoms with Crippen LogP contribution >= 0.6 is 0 Å². The van der Waals surface area contributed by atoms with Crippen molar-refractivity contribution in [2.75, 3.05) is 25.5 Å². The SMILES string of the molecule is COc1ccc(CNc2oc(-c3ccc(S(=O)(=O)N4CCCC4)cc3)nc2C#N)cc1. The number of methoxy groups -OCH3 is 1. The molecule has 0 bridgehead atoms. The first-order valence-electron chi connectivity index (χ1n) is 9.89. The fraction of sp³-hybridized carbons (Fsp3) is 0.273. The van der Waals surface area contributed by atoms with Crippen molar-refractivity contribution < 1.29 is 17.6 Å². The van der Waals surface area contributed by atoms with Crippen LogP contribution in [0.2, 0.25) is 0 Å². The summed E-state index contributed by atoms with van der Waals surface area (Å²) in [4.78, 5) is 4.48. The van der Waals surface area contributed by atoms with E-state index in [-0.39, 0.29) is 22.4 Å². The lowest BCUT2D eigenvalue weighted by Crippen LogP contribution is -2.27. The molecule has 1 saturated heterocycles. The van der Waals surface area contributed by atoms with Gasteiger partial charge in [0.05, 0.1) is 12.0 Å². The molecular weight excluding hydrogens is 416 g/mol. The van der Waals surface area contributed by atoms with E-state index in [1.807, 2.05) is 30.3 Å². The first kappa shape index (κ1) is 20.9. The molecule has 8 nitrogen and oxygen atoms in total. The maximum atomic E-state index is 12.7. The van der Waals surface area contributed by atoms with Crippen LogP contribution in [0.25, 0.3) is 11.5 Å². The number of oxazole rings is 1. The minimum Gasteiger partial charge on any atom is -0.497 e.